The fraction of sp³-hybridized carbons (Fsp3) is 0.160. The zero-order valence-electron chi connectivity index (χ0n) is 21.1. The first-order valence-corrected chi connectivity index (χ1v) is 13.2. The maximum atomic E-state index is 13.8. The number of phosphoric ester groups is 1. The van der Waals surface area contributed by atoms with Crippen LogP contribution in [0.25, 0.3) is 38.9 Å². The molecular weight excluding hydrogens is 539 g/mol. The molecule has 1 aromatic carbocycles. The summed E-state index contributed by atoms with van der Waals surface area (Å²) < 4.78 is 17.6. The minimum absolute atomic E-state index is 0.0546. The predicted octanol–water partition coefficient (Wildman–Crippen LogP) is 2.00. The van der Waals surface area contributed by atoms with Gasteiger partial charge in [0.25, 0.3) is 5.56 Å². The fourth-order valence-corrected chi connectivity index (χ4v) is 4.36. The molecule has 0 unspecified atom stereocenters. The van der Waals surface area contributed by atoms with Gasteiger partial charge in [-0.25, -0.2) is 28.9 Å². The molecule has 0 atom stereocenters. The third kappa shape index (κ3) is 4.86. The van der Waals surface area contributed by atoms with Gasteiger partial charge in [0, 0.05) is 24.2 Å². The zero-order chi connectivity index (χ0) is 28.8. The molecule has 0 spiro atoms. The van der Waals surface area contributed by atoms with Crippen molar-refractivity contribution >= 4 is 35.7 Å². The zero-order valence-corrected chi connectivity index (χ0v) is 22.0. The minimum Gasteiger partial charge on any atom is -0.368 e. The van der Waals surface area contributed by atoms with Crippen LogP contribution in [0.5, 0.6) is 0 Å². The Morgan fingerprint density at radius 3 is 2.35 bits per heavy atom. The summed E-state index contributed by atoms with van der Waals surface area (Å²) >= 11 is 0. The number of anilines is 1. The standard InChI is InChI=1S/C25H21N8O6P/c1-25(2,12-26)15-3-5-16(6-4-15)33-21-17(22(34)32(24(33)35)13-39-40(36,37)38)11-28-19-8-7-18(31-20(19)21)14-9-29-23(27)30-10-14/h3-11H,13H2,1-2H3,(H2,27,29,30)(H2,36,37,38). The summed E-state index contributed by atoms with van der Waals surface area (Å²) in [7, 11) is -5.02. The molecule has 15 heteroatoms. The number of fused-ring (bicyclic) bond motifs is 3. The molecule has 0 fully saturated rings. The van der Waals surface area contributed by atoms with Gasteiger partial charge in [0.2, 0.25) is 5.95 Å². The van der Waals surface area contributed by atoms with E-state index in [1.165, 1.54) is 23.2 Å². The molecule has 202 valence electrons. The van der Waals surface area contributed by atoms with Crippen LogP contribution in [0.3, 0.4) is 0 Å². The van der Waals surface area contributed by atoms with E-state index in [9.17, 15) is 29.2 Å². The SMILES string of the molecule is CC(C)(C#N)c1ccc(-n2c(=O)n(COP(=O)(O)O)c(=O)c3cnc4ccc(-c5cnc(N)nc5)nc4c32)cc1. The highest BCUT2D eigenvalue weighted by molar-refractivity contribution is 7.46. The van der Waals surface area contributed by atoms with Gasteiger partial charge in [-0.05, 0) is 43.7 Å². The third-order valence-electron chi connectivity index (χ3n) is 6.26. The van der Waals surface area contributed by atoms with Crippen LogP contribution < -0.4 is 17.0 Å². The number of phosphoric acid groups is 1. The van der Waals surface area contributed by atoms with Gasteiger partial charge in [-0.2, -0.15) is 5.26 Å². The van der Waals surface area contributed by atoms with Crippen molar-refractivity contribution in [2.24, 2.45) is 0 Å². The topological polar surface area (TPSA) is 212 Å². The van der Waals surface area contributed by atoms with E-state index in [-0.39, 0.29) is 22.4 Å². The smallest absolute Gasteiger partial charge is 0.368 e. The van der Waals surface area contributed by atoms with Gasteiger partial charge in [-0.15, -0.1) is 0 Å². The summed E-state index contributed by atoms with van der Waals surface area (Å²) in [4.78, 5) is 62.5. The fourth-order valence-electron chi connectivity index (χ4n) is 4.09. The number of nitrogen functional groups attached to an aromatic ring is 1. The van der Waals surface area contributed by atoms with Crippen LogP contribution in [-0.4, -0.2) is 38.9 Å². The second kappa shape index (κ2) is 9.74. The molecule has 0 amide bonds. The molecule has 14 nitrogen and oxygen atoms in total. The molecule has 4 heterocycles. The van der Waals surface area contributed by atoms with Crippen molar-refractivity contribution in [1.29, 1.82) is 5.26 Å². The Labute approximate surface area is 225 Å². The molecule has 40 heavy (non-hydrogen) atoms. The van der Waals surface area contributed by atoms with Gasteiger partial charge in [-0.1, -0.05) is 12.1 Å². The van der Waals surface area contributed by atoms with E-state index < -0.39 is 31.2 Å². The van der Waals surface area contributed by atoms with Crippen LogP contribution >= 0.6 is 7.82 Å². The van der Waals surface area contributed by atoms with Gasteiger partial charge in [0.15, 0.2) is 0 Å². The van der Waals surface area contributed by atoms with Gasteiger partial charge in [-0.3, -0.25) is 18.9 Å². The Bertz CT molecular complexity index is 1990. The molecule has 5 aromatic rings. The molecule has 4 N–H and O–H groups in total. The molecule has 0 aliphatic heterocycles. The number of hydrogen-bond acceptors (Lipinski definition) is 10. The first-order chi connectivity index (χ1) is 18.9. The Kier molecular flexibility index (Phi) is 6.53. The van der Waals surface area contributed by atoms with Crippen molar-refractivity contribution in [3.05, 3.63) is 81.4 Å². The van der Waals surface area contributed by atoms with Crippen molar-refractivity contribution in [3.8, 4) is 23.0 Å². The van der Waals surface area contributed by atoms with E-state index in [1.807, 2.05) is 0 Å². The first kappa shape index (κ1) is 26.8. The summed E-state index contributed by atoms with van der Waals surface area (Å²) in [6, 6.07) is 12.1. The lowest BCUT2D eigenvalue weighted by atomic mass is 9.86. The van der Waals surface area contributed by atoms with E-state index in [0.717, 1.165) is 0 Å². The normalized spacial score (nSPS) is 12.1. The lowest BCUT2D eigenvalue weighted by Crippen LogP contribution is -2.40. The van der Waals surface area contributed by atoms with E-state index >= 15 is 0 Å². The van der Waals surface area contributed by atoms with Crippen LogP contribution in [0.1, 0.15) is 19.4 Å². The highest BCUT2D eigenvalue weighted by Gasteiger charge is 2.23. The van der Waals surface area contributed by atoms with Gasteiger partial charge in [0.05, 0.1) is 39.3 Å². The van der Waals surface area contributed by atoms with E-state index in [4.69, 9.17) is 5.73 Å². The largest absolute Gasteiger partial charge is 0.471 e. The van der Waals surface area contributed by atoms with Crippen LogP contribution in [-0.2, 0) is 21.2 Å². The second-order valence-corrected chi connectivity index (χ2v) is 10.5. The number of rotatable bonds is 6. The lowest BCUT2D eigenvalue weighted by molar-refractivity contribution is 0.148. The molecule has 0 radical (unpaired) electrons. The summed E-state index contributed by atoms with van der Waals surface area (Å²) in [5, 5.41) is 9.46. The molecule has 0 aliphatic carbocycles. The summed E-state index contributed by atoms with van der Waals surface area (Å²) in [5.74, 6) is 0.0755. The minimum atomic E-state index is -5.02. The Morgan fingerprint density at radius 2 is 1.73 bits per heavy atom. The van der Waals surface area contributed by atoms with Crippen LogP contribution in [0.2, 0.25) is 0 Å². The van der Waals surface area contributed by atoms with E-state index in [1.54, 1.807) is 50.2 Å². The van der Waals surface area contributed by atoms with Crippen molar-refractivity contribution in [2.45, 2.75) is 26.0 Å². The molecular formula is C25H21N8O6P. The molecule has 0 saturated heterocycles. The second-order valence-electron chi connectivity index (χ2n) is 9.30. The Morgan fingerprint density at radius 1 is 1.05 bits per heavy atom. The monoisotopic (exact) mass is 560 g/mol. The summed E-state index contributed by atoms with van der Waals surface area (Å²) in [5.41, 5.74) is 5.56. The van der Waals surface area contributed by atoms with Gasteiger partial charge >= 0.3 is 13.5 Å². The number of aromatic nitrogens is 6. The Balaban J connectivity index is 1.85. The highest BCUT2D eigenvalue weighted by atomic mass is 31.2. The van der Waals surface area contributed by atoms with E-state index in [0.29, 0.717) is 32.6 Å². The average molecular weight is 560 g/mol. The van der Waals surface area contributed by atoms with Crippen molar-refractivity contribution < 1.29 is 18.9 Å². The number of pyridine rings is 2. The van der Waals surface area contributed by atoms with Crippen LogP contribution in [0.15, 0.2) is 64.6 Å². The number of nitriles is 1. The van der Waals surface area contributed by atoms with Gasteiger partial charge in [0.1, 0.15) is 12.2 Å². The maximum absolute atomic E-state index is 13.8. The van der Waals surface area contributed by atoms with Gasteiger partial charge < -0.3 is 15.5 Å². The number of hydrogen-bond donors (Lipinski definition) is 3. The van der Waals surface area contributed by atoms with E-state index in [2.05, 4.69) is 30.5 Å². The lowest BCUT2D eigenvalue weighted by Gasteiger charge is -2.18. The maximum Gasteiger partial charge on any atom is 0.471 e. The van der Waals surface area contributed by atoms with Crippen LogP contribution in [0.4, 0.5) is 5.95 Å². The molecule has 5 rings (SSSR count). The van der Waals surface area contributed by atoms with Crippen LogP contribution in [0, 0.1) is 11.3 Å². The van der Waals surface area contributed by atoms with Crippen molar-refractivity contribution in [2.75, 3.05) is 5.73 Å². The number of nitrogens with zero attached hydrogens (tertiary/aromatic N) is 7. The number of benzene rings is 1. The number of nitrogens with two attached hydrogens (primary N) is 1. The molecule has 0 bridgehead atoms. The summed E-state index contributed by atoms with van der Waals surface area (Å²) in [6.07, 6.45) is 4.21. The van der Waals surface area contributed by atoms with Crippen molar-refractivity contribution in [3.63, 3.8) is 0 Å². The molecule has 4 aromatic heterocycles. The molecule has 0 aliphatic rings. The highest BCUT2D eigenvalue weighted by Crippen LogP contribution is 2.36. The third-order valence-corrected chi connectivity index (χ3v) is 6.71. The average Bonchev–Trinajstić information content (AvgIpc) is 2.92. The van der Waals surface area contributed by atoms with Crippen molar-refractivity contribution in [1.82, 2.24) is 29.1 Å². The molecule has 0 saturated carbocycles. The Hall–Kier alpha value is -4.80. The first-order valence-electron chi connectivity index (χ1n) is 11.6. The quantitative estimate of drug-likeness (QED) is 0.201. The predicted molar refractivity (Wildman–Crippen MR) is 144 cm³/mol. The summed E-state index contributed by atoms with van der Waals surface area (Å²) in [6.45, 7) is 2.48.